The SMILES string of the molecule is Cc1cc(F)ccc1S(=O)(=O)N1CCC[C@@H](c2ccc(-c3ccc(N)nc3)cn2)C1. The number of hydrogen-bond acceptors (Lipinski definition) is 5. The zero-order chi connectivity index (χ0) is 21.3. The Morgan fingerprint density at radius 3 is 2.43 bits per heavy atom. The van der Waals surface area contributed by atoms with Crippen LogP contribution in [0.3, 0.4) is 0 Å². The Morgan fingerprint density at radius 2 is 1.80 bits per heavy atom. The third-order valence-electron chi connectivity index (χ3n) is 5.46. The van der Waals surface area contributed by atoms with Crippen LogP contribution in [0, 0.1) is 12.7 Å². The Kier molecular flexibility index (Phi) is 5.53. The molecule has 3 aromatic rings. The minimum absolute atomic E-state index is 0.00729. The fourth-order valence-electron chi connectivity index (χ4n) is 3.84. The average molecular weight is 427 g/mol. The van der Waals surface area contributed by atoms with Crippen molar-refractivity contribution in [2.24, 2.45) is 0 Å². The van der Waals surface area contributed by atoms with Crippen LogP contribution in [0.4, 0.5) is 10.2 Å². The van der Waals surface area contributed by atoms with Crippen LogP contribution in [-0.4, -0.2) is 35.8 Å². The number of anilines is 1. The Bertz CT molecular complexity index is 1150. The monoisotopic (exact) mass is 426 g/mol. The summed E-state index contributed by atoms with van der Waals surface area (Å²) in [5.74, 6) is 0.0275. The molecule has 0 bridgehead atoms. The molecular formula is C22H23FN4O2S. The molecule has 0 saturated carbocycles. The van der Waals surface area contributed by atoms with Crippen molar-refractivity contribution in [2.45, 2.75) is 30.6 Å². The number of piperidine rings is 1. The maximum Gasteiger partial charge on any atom is 0.243 e. The summed E-state index contributed by atoms with van der Waals surface area (Å²) in [6.07, 6.45) is 5.09. The lowest BCUT2D eigenvalue weighted by Gasteiger charge is -2.32. The van der Waals surface area contributed by atoms with Crippen molar-refractivity contribution in [3.05, 3.63) is 71.9 Å². The normalized spacial score (nSPS) is 17.7. The Balaban J connectivity index is 1.54. The third-order valence-corrected chi connectivity index (χ3v) is 7.49. The van der Waals surface area contributed by atoms with Gasteiger partial charge in [-0.3, -0.25) is 4.98 Å². The fraction of sp³-hybridized carbons (Fsp3) is 0.273. The summed E-state index contributed by atoms with van der Waals surface area (Å²) in [4.78, 5) is 8.84. The molecular weight excluding hydrogens is 403 g/mol. The lowest BCUT2D eigenvalue weighted by molar-refractivity contribution is 0.312. The van der Waals surface area contributed by atoms with Crippen molar-refractivity contribution >= 4 is 15.8 Å². The first-order valence-electron chi connectivity index (χ1n) is 9.79. The maximum absolute atomic E-state index is 13.4. The van der Waals surface area contributed by atoms with Crippen LogP contribution in [0.25, 0.3) is 11.1 Å². The second-order valence-electron chi connectivity index (χ2n) is 7.56. The minimum Gasteiger partial charge on any atom is -0.384 e. The summed E-state index contributed by atoms with van der Waals surface area (Å²) >= 11 is 0. The van der Waals surface area contributed by atoms with Gasteiger partial charge in [0.25, 0.3) is 0 Å². The van der Waals surface area contributed by atoms with Gasteiger partial charge in [0.2, 0.25) is 10.0 Å². The van der Waals surface area contributed by atoms with Crippen LogP contribution >= 0.6 is 0 Å². The number of halogens is 1. The molecule has 1 fully saturated rings. The first-order chi connectivity index (χ1) is 14.3. The summed E-state index contributed by atoms with van der Waals surface area (Å²) < 4.78 is 41.2. The number of sulfonamides is 1. The molecule has 1 aliphatic rings. The topological polar surface area (TPSA) is 89.2 Å². The lowest BCUT2D eigenvalue weighted by atomic mass is 9.95. The Hall–Kier alpha value is -2.84. The molecule has 1 aliphatic heterocycles. The van der Waals surface area contributed by atoms with Gasteiger partial charge < -0.3 is 5.73 Å². The standard InChI is InChI=1S/C22H23FN4O2S/c1-15-11-19(23)6-8-21(15)30(28,29)27-10-2-3-18(14-27)20-7-4-16(12-25-20)17-5-9-22(24)26-13-17/h4-9,11-13,18H,2-3,10,14H2,1H3,(H2,24,26)/t18-/m1/s1. The van der Waals surface area contributed by atoms with Gasteiger partial charge in [-0.1, -0.05) is 6.07 Å². The maximum atomic E-state index is 13.4. The summed E-state index contributed by atoms with van der Waals surface area (Å²) in [7, 11) is -3.69. The zero-order valence-electron chi connectivity index (χ0n) is 16.6. The van der Waals surface area contributed by atoms with Gasteiger partial charge in [-0.2, -0.15) is 4.31 Å². The first-order valence-corrected chi connectivity index (χ1v) is 11.2. The third kappa shape index (κ3) is 4.06. The molecule has 0 radical (unpaired) electrons. The number of nitrogens with two attached hydrogens (primary N) is 1. The van der Waals surface area contributed by atoms with E-state index in [1.54, 1.807) is 25.4 Å². The number of rotatable bonds is 4. The predicted octanol–water partition coefficient (Wildman–Crippen LogP) is 3.74. The van der Waals surface area contributed by atoms with Gasteiger partial charge in [0.1, 0.15) is 11.6 Å². The molecule has 8 heteroatoms. The van der Waals surface area contributed by atoms with Gasteiger partial charge >= 0.3 is 0 Å². The van der Waals surface area contributed by atoms with Crippen molar-refractivity contribution in [2.75, 3.05) is 18.8 Å². The van der Waals surface area contributed by atoms with Gasteiger partial charge in [0.15, 0.2) is 0 Å². The van der Waals surface area contributed by atoms with Gasteiger partial charge in [-0.05, 0) is 61.7 Å². The second kappa shape index (κ2) is 8.12. The smallest absolute Gasteiger partial charge is 0.243 e. The van der Waals surface area contributed by atoms with E-state index in [-0.39, 0.29) is 10.8 Å². The van der Waals surface area contributed by atoms with E-state index in [2.05, 4.69) is 9.97 Å². The van der Waals surface area contributed by atoms with E-state index in [0.29, 0.717) is 24.5 Å². The Morgan fingerprint density at radius 1 is 1.07 bits per heavy atom. The highest BCUT2D eigenvalue weighted by Gasteiger charge is 2.32. The predicted molar refractivity (Wildman–Crippen MR) is 114 cm³/mol. The highest BCUT2D eigenvalue weighted by molar-refractivity contribution is 7.89. The molecule has 1 aromatic carbocycles. The second-order valence-corrected chi connectivity index (χ2v) is 9.46. The van der Waals surface area contributed by atoms with E-state index >= 15 is 0 Å². The van der Waals surface area contributed by atoms with Crippen LogP contribution in [0.2, 0.25) is 0 Å². The van der Waals surface area contributed by atoms with Crippen LogP contribution < -0.4 is 5.73 Å². The van der Waals surface area contributed by atoms with Crippen LogP contribution in [0.15, 0.2) is 59.8 Å². The molecule has 0 spiro atoms. The number of benzene rings is 1. The largest absolute Gasteiger partial charge is 0.384 e. The van der Waals surface area contributed by atoms with Crippen LogP contribution in [-0.2, 0) is 10.0 Å². The van der Waals surface area contributed by atoms with E-state index in [9.17, 15) is 12.8 Å². The van der Waals surface area contributed by atoms with E-state index in [1.807, 2.05) is 18.2 Å². The molecule has 1 saturated heterocycles. The number of hydrogen-bond donors (Lipinski definition) is 1. The van der Waals surface area contributed by atoms with Crippen LogP contribution in [0.1, 0.15) is 30.0 Å². The molecule has 2 N–H and O–H groups in total. The molecule has 0 amide bonds. The number of aromatic nitrogens is 2. The highest BCUT2D eigenvalue weighted by Crippen LogP contribution is 2.31. The molecule has 156 valence electrons. The lowest BCUT2D eigenvalue weighted by Crippen LogP contribution is -2.39. The van der Waals surface area contributed by atoms with Crippen LogP contribution in [0.5, 0.6) is 0 Å². The van der Waals surface area contributed by atoms with Crippen molar-refractivity contribution < 1.29 is 12.8 Å². The van der Waals surface area contributed by atoms with Gasteiger partial charge in [0, 0.05) is 48.2 Å². The summed E-state index contributed by atoms with van der Waals surface area (Å²) in [6, 6.07) is 11.3. The number of nitrogen functional groups attached to an aromatic ring is 1. The van der Waals surface area contributed by atoms with Gasteiger partial charge in [-0.25, -0.2) is 17.8 Å². The number of nitrogens with zero attached hydrogens (tertiary/aromatic N) is 3. The van der Waals surface area contributed by atoms with Crippen molar-refractivity contribution in [3.63, 3.8) is 0 Å². The van der Waals surface area contributed by atoms with E-state index < -0.39 is 15.8 Å². The average Bonchev–Trinajstić information content (AvgIpc) is 2.74. The molecule has 3 heterocycles. The molecule has 0 aliphatic carbocycles. The summed E-state index contributed by atoms with van der Waals surface area (Å²) in [5.41, 5.74) is 8.75. The van der Waals surface area contributed by atoms with Gasteiger partial charge in [-0.15, -0.1) is 0 Å². The van der Waals surface area contributed by atoms with Gasteiger partial charge in [0.05, 0.1) is 4.90 Å². The quantitative estimate of drug-likeness (QED) is 0.686. The van der Waals surface area contributed by atoms with E-state index in [0.717, 1.165) is 29.7 Å². The highest BCUT2D eigenvalue weighted by atomic mass is 32.2. The number of aryl methyl sites for hydroxylation is 1. The Labute approximate surface area is 175 Å². The van der Waals surface area contributed by atoms with Crippen molar-refractivity contribution in [1.82, 2.24) is 14.3 Å². The molecule has 6 nitrogen and oxygen atoms in total. The minimum atomic E-state index is -3.69. The molecule has 30 heavy (non-hydrogen) atoms. The van der Waals surface area contributed by atoms with E-state index in [1.165, 1.54) is 22.5 Å². The molecule has 2 aromatic heterocycles. The summed E-state index contributed by atoms with van der Waals surface area (Å²) in [6.45, 7) is 2.42. The number of pyridine rings is 2. The van der Waals surface area contributed by atoms with Crippen molar-refractivity contribution in [1.29, 1.82) is 0 Å². The van der Waals surface area contributed by atoms with Crippen molar-refractivity contribution in [3.8, 4) is 11.1 Å². The molecule has 1 atom stereocenters. The summed E-state index contributed by atoms with van der Waals surface area (Å²) in [5, 5.41) is 0. The van der Waals surface area contributed by atoms with E-state index in [4.69, 9.17) is 5.73 Å². The molecule has 4 rings (SSSR count). The first kappa shape index (κ1) is 20.4. The fourth-order valence-corrected chi connectivity index (χ4v) is 5.57. The zero-order valence-corrected chi connectivity index (χ0v) is 17.4. The molecule has 0 unspecified atom stereocenters.